The first-order valence-electron chi connectivity index (χ1n) is 19.8. The van der Waals surface area contributed by atoms with Gasteiger partial charge in [-0.15, -0.1) is 0 Å². The first-order valence-corrected chi connectivity index (χ1v) is 19.8. The largest absolute Gasteiger partial charge is 0.310 e. The summed E-state index contributed by atoms with van der Waals surface area (Å²) in [5.41, 5.74) is 18.2. The Labute approximate surface area is 335 Å². The van der Waals surface area contributed by atoms with Crippen LogP contribution in [0.1, 0.15) is 36.1 Å². The van der Waals surface area contributed by atoms with Crippen LogP contribution in [0.15, 0.2) is 206 Å². The molecule has 2 heteroatoms. The molecule has 0 radical (unpaired) electrons. The molecule has 57 heavy (non-hydrogen) atoms. The Morgan fingerprint density at radius 2 is 0.982 bits per heavy atom. The van der Waals surface area contributed by atoms with Crippen molar-refractivity contribution < 1.29 is 0 Å². The fourth-order valence-corrected chi connectivity index (χ4v) is 8.80. The molecule has 1 aliphatic carbocycles. The van der Waals surface area contributed by atoms with Crippen LogP contribution in [0.3, 0.4) is 0 Å². The van der Waals surface area contributed by atoms with Gasteiger partial charge in [0.25, 0.3) is 0 Å². The third-order valence-electron chi connectivity index (χ3n) is 11.6. The van der Waals surface area contributed by atoms with Gasteiger partial charge in [-0.05, 0) is 99.1 Å². The van der Waals surface area contributed by atoms with Gasteiger partial charge in [0.15, 0.2) is 0 Å². The minimum Gasteiger partial charge on any atom is -0.310 e. The smallest absolute Gasteiger partial charge is 0.0619 e. The molecule has 0 N–H and O–H groups in total. The van der Waals surface area contributed by atoms with Crippen LogP contribution < -0.4 is 4.90 Å². The van der Waals surface area contributed by atoms with Crippen molar-refractivity contribution >= 4 is 40.1 Å². The Hall–Kier alpha value is -7.16. The van der Waals surface area contributed by atoms with E-state index in [0.29, 0.717) is 0 Å². The summed E-state index contributed by atoms with van der Waals surface area (Å²) in [5.74, 6) is 0. The lowest BCUT2D eigenvalue weighted by molar-refractivity contribution is 0.660. The molecule has 0 spiro atoms. The maximum Gasteiger partial charge on any atom is 0.0619 e. The molecule has 0 aliphatic heterocycles. The van der Waals surface area contributed by atoms with Crippen LogP contribution in [0.5, 0.6) is 0 Å². The van der Waals surface area contributed by atoms with Crippen molar-refractivity contribution in [2.45, 2.75) is 19.3 Å². The number of fused-ring (bicyclic) bond motifs is 4. The van der Waals surface area contributed by atoms with Crippen molar-refractivity contribution in [1.29, 1.82) is 0 Å². The third-order valence-corrected chi connectivity index (χ3v) is 11.6. The zero-order valence-corrected chi connectivity index (χ0v) is 32.2. The van der Waals surface area contributed by atoms with Crippen molar-refractivity contribution in [2.75, 3.05) is 4.90 Å². The lowest BCUT2D eigenvalue weighted by Crippen LogP contribution is -2.16. The zero-order chi connectivity index (χ0) is 38.3. The number of benzene rings is 8. The van der Waals surface area contributed by atoms with Crippen LogP contribution >= 0.6 is 0 Å². The van der Waals surface area contributed by atoms with Crippen LogP contribution in [-0.4, -0.2) is 4.57 Å². The number of hydrogen-bond donors (Lipinski definition) is 0. The number of hydrogen-bond acceptors (Lipinski definition) is 1. The summed E-state index contributed by atoms with van der Waals surface area (Å²) in [7, 11) is 0. The lowest BCUT2D eigenvalue weighted by Gasteiger charge is -2.28. The van der Waals surface area contributed by atoms with Crippen molar-refractivity contribution in [1.82, 2.24) is 4.57 Å². The third kappa shape index (κ3) is 6.07. The van der Waals surface area contributed by atoms with E-state index in [1.807, 2.05) is 0 Å². The van der Waals surface area contributed by atoms with E-state index in [0.717, 1.165) is 33.9 Å². The molecular weight excluding hydrogens is 689 g/mol. The minimum atomic E-state index is -0.0725. The van der Waals surface area contributed by atoms with E-state index in [-0.39, 0.29) is 5.41 Å². The average molecular weight is 731 g/mol. The van der Waals surface area contributed by atoms with E-state index in [2.05, 4.69) is 242 Å². The van der Waals surface area contributed by atoms with Gasteiger partial charge >= 0.3 is 0 Å². The van der Waals surface area contributed by atoms with Gasteiger partial charge in [-0.1, -0.05) is 178 Å². The van der Waals surface area contributed by atoms with Gasteiger partial charge in [0.2, 0.25) is 0 Å². The molecule has 8 aromatic carbocycles. The van der Waals surface area contributed by atoms with Gasteiger partial charge in [0.05, 0.1) is 11.2 Å². The van der Waals surface area contributed by atoms with Crippen molar-refractivity contribution in [3.63, 3.8) is 0 Å². The fraction of sp³-hybridized carbons (Fsp3) is 0.0545. The Morgan fingerprint density at radius 3 is 1.70 bits per heavy atom. The van der Waals surface area contributed by atoms with Crippen molar-refractivity contribution in [3.05, 3.63) is 229 Å². The molecule has 0 fully saturated rings. The molecule has 1 heterocycles. The van der Waals surface area contributed by atoms with Gasteiger partial charge in [0.1, 0.15) is 0 Å². The summed E-state index contributed by atoms with van der Waals surface area (Å²) >= 11 is 0. The highest BCUT2D eigenvalue weighted by atomic mass is 15.1. The van der Waals surface area contributed by atoms with E-state index in [1.54, 1.807) is 0 Å². The Balaban J connectivity index is 1.03. The average Bonchev–Trinajstić information content (AvgIpc) is 3.73. The molecule has 0 atom stereocenters. The van der Waals surface area contributed by atoms with Crippen LogP contribution in [-0.2, 0) is 5.41 Å². The fourth-order valence-electron chi connectivity index (χ4n) is 8.80. The molecule has 0 amide bonds. The summed E-state index contributed by atoms with van der Waals surface area (Å²) in [6.07, 6.45) is 4.45. The molecule has 272 valence electrons. The summed E-state index contributed by atoms with van der Waals surface area (Å²) in [5, 5.41) is 1.23. The highest BCUT2D eigenvalue weighted by Gasteiger charge is 2.35. The summed E-state index contributed by atoms with van der Waals surface area (Å²) < 4.78 is 2.43. The molecule has 0 saturated heterocycles. The van der Waals surface area contributed by atoms with Gasteiger partial charge in [0, 0.05) is 39.1 Å². The van der Waals surface area contributed by atoms with Crippen molar-refractivity contribution in [3.8, 4) is 39.2 Å². The SMILES string of the molecule is CC1(C)c2ccccc2-c2ccc(N(c3ccccc3)c3ccc(C=Cc4ccc5c(-c6ccccc6)c(-c6ccccc6)n(-c6ccccc6)c5c4)cc3)cc21. The second kappa shape index (κ2) is 14.2. The molecule has 1 aliphatic rings. The van der Waals surface area contributed by atoms with E-state index >= 15 is 0 Å². The topological polar surface area (TPSA) is 8.17 Å². The van der Waals surface area contributed by atoms with Crippen LogP contribution in [0.2, 0.25) is 0 Å². The Kier molecular flexibility index (Phi) is 8.53. The predicted octanol–water partition coefficient (Wildman–Crippen LogP) is 14.9. The molecule has 10 rings (SSSR count). The molecule has 0 saturated carbocycles. The number of aromatic nitrogens is 1. The Bertz CT molecular complexity index is 2890. The molecule has 0 bridgehead atoms. The van der Waals surface area contributed by atoms with Crippen LogP contribution in [0.25, 0.3) is 62.3 Å². The normalized spacial score (nSPS) is 12.8. The van der Waals surface area contributed by atoms with Crippen LogP contribution in [0, 0.1) is 0 Å². The molecule has 0 unspecified atom stereocenters. The lowest BCUT2D eigenvalue weighted by atomic mass is 9.82. The number of anilines is 3. The van der Waals surface area contributed by atoms with Gasteiger partial charge in [-0.3, -0.25) is 0 Å². The number of para-hydroxylation sites is 2. The maximum absolute atomic E-state index is 2.43. The number of rotatable bonds is 8. The van der Waals surface area contributed by atoms with E-state index in [4.69, 9.17) is 0 Å². The van der Waals surface area contributed by atoms with E-state index < -0.39 is 0 Å². The van der Waals surface area contributed by atoms with E-state index in [1.165, 1.54) is 55.5 Å². The van der Waals surface area contributed by atoms with Gasteiger partial charge in [-0.25, -0.2) is 0 Å². The second-order valence-corrected chi connectivity index (χ2v) is 15.4. The number of nitrogens with zero attached hydrogens (tertiary/aromatic N) is 2. The predicted molar refractivity (Wildman–Crippen MR) is 242 cm³/mol. The monoisotopic (exact) mass is 730 g/mol. The molecule has 1 aromatic heterocycles. The first kappa shape index (κ1) is 34.3. The Morgan fingerprint density at radius 1 is 0.439 bits per heavy atom. The summed E-state index contributed by atoms with van der Waals surface area (Å²) in [6, 6.07) is 74.6. The molecule has 9 aromatic rings. The van der Waals surface area contributed by atoms with Gasteiger partial charge < -0.3 is 9.47 Å². The van der Waals surface area contributed by atoms with Crippen molar-refractivity contribution in [2.24, 2.45) is 0 Å². The standard InChI is InChI=1S/C55H42N2/c1-55(2)50-26-16-15-25-47(50)48-36-34-46(38-51(48)55)56(43-21-11-5-12-22-43)45-32-29-39(30-33-45)27-28-40-31-35-49-52(37-40)57(44-23-13-6-14-24-44)54(42-19-9-4-10-20-42)53(49)41-17-7-3-8-18-41/h3-38H,1-2H3. The van der Waals surface area contributed by atoms with E-state index in [9.17, 15) is 0 Å². The highest BCUT2D eigenvalue weighted by molar-refractivity contribution is 6.06. The molecule has 2 nitrogen and oxygen atoms in total. The highest BCUT2D eigenvalue weighted by Crippen LogP contribution is 2.50. The second-order valence-electron chi connectivity index (χ2n) is 15.4. The summed E-state index contributed by atoms with van der Waals surface area (Å²) in [4.78, 5) is 2.37. The maximum atomic E-state index is 2.43. The minimum absolute atomic E-state index is 0.0725. The van der Waals surface area contributed by atoms with Gasteiger partial charge in [-0.2, -0.15) is 0 Å². The first-order chi connectivity index (χ1) is 28.0. The quantitative estimate of drug-likeness (QED) is 0.141. The summed E-state index contributed by atoms with van der Waals surface area (Å²) in [6.45, 7) is 4.69. The van der Waals surface area contributed by atoms with Crippen LogP contribution in [0.4, 0.5) is 17.1 Å². The molecular formula is C55H42N2. The zero-order valence-electron chi connectivity index (χ0n) is 32.2.